The van der Waals surface area contributed by atoms with E-state index in [0.717, 1.165) is 39.2 Å². The fourth-order valence-electron chi connectivity index (χ4n) is 2.87. The lowest BCUT2D eigenvalue weighted by molar-refractivity contribution is 0.419. The van der Waals surface area contributed by atoms with Crippen LogP contribution in [0.4, 0.5) is 0 Å². The van der Waals surface area contributed by atoms with E-state index in [1.54, 1.807) is 7.11 Å². The van der Waals surface area contributed by atoms with E-state index in [2.05, 4.69) is 12.1 Å². The topological polar surface area (TPSA) is 48.4 Å². The molecule has 2 aromatic carbocycles. The highest BCUT2D eigenvalue weighted by Crippen LogP contribution is 2.34. The summed E-state index contributed by atoms with van der Waals surface area (Å²) in [5.74, 6) is 2.62. The SMILES string of the molecule is COc1ccc(C(N)c2cc(C)oc2C)c2ccccc12. The van der Waals surface area contributed by atoms with Gasteiger partial charge in [0.25, 0.3) is 0 Å². The fraction of sp³-hybridized carbons (Fsp3) is 0.222. The Morgan fingerprint density at radius 3 is 2.33 bits per heavy atom. The van der Waals surface area contributed by atoms with E-state index in [1.165, 1.54) is 0 Å². The Morgan fingerprint density at radius 2 is 1.71 bits per heavy atom. The molecule has 0 fully saturated rings. The molecule has 0 aliphatic carbocycles. The number of fused-ring (bicyclic) bond motifs is 1. The first-order valence-corrected chi connectivity index (χ1v) is 7.00. The first-order valence-electron chi connectivity index (χ1n) is 7.00. The van der Waals surface area contributed by atoms with Gasteiger partial charge in [0.2, 0.25) is 0 Å². The maximum Gasteiger partial charge on any atom is 0.126 e. The van der Waals surface area contributed by atoms with Gasteiger partial charge in [0.05, 0.1) is 13.2 Å². The normalized spacial score (nSPS) is 12.6. The number of hydrogen-bond acceptors (Lipinski definition) is 3. The molecule has 21 heavy (non-hydrogen) atoms. The molecule has 0 aliphatic rings. The zero-order valence-corrected chi connectivity index (χ0v) is 12.5. The summed E-state index contributed by atoms with van der Waals surface area (Å²) in [5.41, 5.74) is 8.60. The summed E-state index contributed by atoms with van der Waals surface area (Å²) < 4.78 is 11.0. The van der Waals surface area contributed by atoms with Crippen LogP contribution < -0.4 is 10.5 Å². The van der Waals surface area contributed by atoms with Crippen molar-refractivity contribution in [2.45, 2.75) is 19.9 Å². The molecule has 1 aromatic heterocycles. The predicted octanol–water partition coefficient (Wildman–Crippen LogP) is 4.11. The summed E-state index contributed by atoms with van der Waals surface area (Å²) in [6.45, 7) is 3.89. The zero-order chi connectivity index (χ0) is 15.0. The van der Waals surface area contributed by atoms with Crippen LogP contribution in [0.15, 0.2) is 46.9 Å². The molecule has 3 rings (SSSR count). The molecule has 1 atom stereocenters. The average Bonchev–Trinajstić information content (AvgIpc) is 2.84. The van der Waals surface area contributed by atoms with Gasteiger partial charge in [0.1, 0.15) is 17.3 Å². The molecular weight excluding hydrogens is 262 g/mol. The van der Waals surface area contributed by atoms with Gasteiger partial charge in [0.15, 0.2) is 0 Å². The van der Waals surface area contributed by atoms with Crippen molar-refractivity contribution in [1.29, 1.82) is 0 Å². The lowest BCUT2D eigenvalue weighted by Crippen LogP contribution is -2.12. The molecule has 0 radical (unpaired) electrons. The Balaban J connectivity index is 2.19. The van der Waals surface area contributed by atoms with Crippen LogP contribution in [0.25, 0.3) is 10.8 Å². The number of furan rings is 1. The summed E-state index contributed by atoms with van der Waals surface area (Å²) in [6, 6.07) is 14.0. The lowest BCUT2D eigenvalue weighted by atomic mass is 9.94. The number of aryl methyl sites for hydroxylation is 2. The maximum absolute atomic E-state index is 6.49. The van der Waals surface area contributed by atoms with Crippen molar-refractivity contribution in [3.8, 4) is 5.75 Å². The first-order chi connectivity index (χ1) is 10.1. The van der Waals surface area contributed by atoms with Crippen LogP contribution in [0, 0.1) is 13.8 Å². The summed E-state index contributed by atoms with van der Waals surface area (Å²) in [5, 5.41) is 2.19. The number of rotatable bonds is 3. The van der Waals surface area contributed by atoms with Crippen LogP contribution in [-0.4, -0.2) is 7.11 Å². The van der Waals surface area contributed by atoms with E-state index < -0.39 is 0 Å². The monoisotopic (exact) mass is 281 g/mol. The molecule has 0 spiro atoms. The van der Waals surface area contributed by atoms with Crippen molar-refractivity contribution in [2.24, 2.45) is 5.73 Å². The fourth-order valence-corrected chi connectivity index (χ4v) is 2.87. The molecule has 0 bridgehead atoms. The highest BCUT2D eigenvalue weighted by atomic mass is 16.5. The second-order valence-corrected chi connectivity index (χ2v) is 5.25. The van der Waals surface area contributed by atoms with Crippen molar-refractivity contribution in [1.82, 2.24) is 0 Å². The molecule has 108 valence electrons. The highest BCUT2D eigenvalue weighted by molar-refractivity contribution is 5.91. The summed E-state index contributed by atoms with van der Waals surface area (Å²) in [6.07, 6.45) is 0. The van der Waals surface area contributed by atoms with Crippen LogP contribution in [0.3, 0.4) is 0 Å². The molecule has 0 saturated heterocycles. The smallest absolute Gasteiger partial charge is 0.126 e. The summed E-state index contributed by atoms with van der Waals surface area (Å²) in [4.78, 5) is 0. The zero-order valence-electron chi connectivity index (χ0n) is 12.5. The Hall–Kier alpha value is -2.26. The third-order valence-corrected chi connectivity index (χ3v) is 3.89. The van der Waals surface area contributed by atoms with Gasteiger partial charge in [-0.25, -0.2) is 0 Å². The van der Waals surface area contributed by atoms with Gasteiger partial charge >= 0.3 is 0 Å². The average molecular weight is 281 g/mol. The van der Waals surface area contributed by atoms with Crippen LogP contribution >= 0.6 is 0 Å². The van der Waals surface area contributed by atoms with Crippen molar-refractivity contribution >= 4 is 10.8 Å². The Labute approximate surface area is 124 Å². The number of nitrogens with two attached hydrogens (primary N) is 1. The van der Waals surface area contributed by atoms with Crippen LogP contribution in [0.2, 0.25) is 0 Å². The Kier molecular flexibility index (Phi) is 3.43. The molecule has 1 heterocycles. The third-order valence-electron chi connectivity index (χ3n) is 3.89. The molecule has 0 amide bonds. The van der Waals surface area contributed by atoms with E-state index in [4.69, 9.17) is 14.9 Å². The van der Waals surface area contributed by atoms with E-state index in [9.17, 15) is 0 Å². The minimum Gasteiger partial charge on any atom is -0.496 e. The number of hydrogen-bond donors (Lipinski definition) is 1. The van der Waals surface area contributed by atoms with Gasteiger partial charge in [0, 0.05) is 10.9 Å². The largest absolute Gasteiger partial charge is 0.496 e. The van der Waals surface area contributed by atoms with Gasteiger partial charge in [-0.2, -0.15) is 0 Å². The number of methoxy groups -OCH3 is 1. The minimum atomic E-state index is -0.210. The van der Waals surface area contributed by atoms with Crippen LogP contribution in [0.1, 0.15) is 28.7 Å². The molecule has 3 aromatic rings. The van der Waals surface area contributed by atoms with Gasteiger partial charge in [-0.05, 0) is 36.9 Å². The molecule has 3 heteroatoms. The van der Waals surface area contributed by atoms with E-state index in [1.807, 2.05) is 44.2 Å². The minimum absolute atomic E-state index is 0.210. The lowest BCUT2D eigenvalue weighted by Gasteiger charge is -2.16. The Bertz CT molecular complexity index is 789. The van der Waals surface area contributed by atoms with E-state index in [-0.39, 0.29) is 6.04 Å². The summed E-state index contributed by atoms with van der Waals surface area (Å²) in [7, 11) is 1.69. The predicted molar refractivity (Wildman–Crippen MR) is 84.7 cm³/mol. The molecule has 1 unspecified atom stereocenters. The van der Waals surface area contributed by atoms with Crippen molar-refractivity contribution in [3.05, 3.63) is 65.1 Å². The quantitative estimate of drug-likeness (QED) is 0.786. The Morgan fingerprint density at radius 1 is 1.00 bits per heavy atom. The molecule has 2 N–H and O–H groups in total. The van der Waals surface area contributed by atoms with Crippen LogP contribution in [-0.2, 0) is 0 Å². The van der Waals surface area contributed by atoms with Crippen LogP contribution in [0.5, 0.6) is 5.75 Å². The third kappa shape index (κ3) is 2.30. The number of benzene rings is 2. The maximum atomic E-state index is 6.49. The standard InChI is InChI=1S/C18H19NO2/c1-11-10-16(12(2)21-11)18(19)15-8-9-17(20-3)14-7-5-4-6-13(14)15/h4-10,18H,19H2,1-3H3. The molecule has 3 nitrogen and oxygen atoms in total. The van der Waals surface area contributed by atoms with Crippen molar-refractivity contribution in [3.63, 3.8) is 0 Å². The molecule has 0 aliphatic heterocycles. The van der Waals surface area contributed by atoms with Gasteiger partial charge in [-0.15, -0.1) is 0 Å². The first kappa shape index (κ1) is 13.7. The second kappa shape index (κ2) is 5.26. The molecule has 0 saturated carbocycles. The van der Waals surface area contributed by atoms with E-state index >= 15 is 0 Å². The van der Waals surface area contributed by atoms with Crippen molar-refractivity contribution < 1.29 is 9.15 Å². The summed E-state index contributed by atoms with van der Waals surface area (Å²) >= 11 is 0. The number of ether oxygens (including phenoxy) is 1. The van der Waals surface area contributed by atoms with Gasteiger partial charge in [-0.1, -0.05) is 30.3 Å². The second-order valence-electron chi connectivity index (χ2n) is 5.25. The van der Waals surface area contributed by atoms with Gasteiger partial charge in [-0.3, -0.25) is 0 Å². The van der Waals surface area contributed by atoms with Crippen molar-refractivity contribution in [2.75, 3.05) is 7.11 Å². The highest BCUT2D eigenvalue weighted by Gasteiger charge is 2.18. The molecular formula is C18H19NO2. The van der Waals surface area contributed by atoms with E-state index in [0.29, 0.717) is 0 Å². The van der Waals surface area contributed by atoms with Gasteiger partial charge < -0.3 is 14.9 Å².